The third-order valence-electron chi connectivity index (χ3n) is 2.84. The summed E-state index contributed by atoms with van der Waals surface area (Å²) in [5, 5.41) is 6.64. The monoisotopic (exact) mass is 271 g/mol. The number of thiocarbonyl (C=S) groups is 1. The summed E-state index contributed by atoms with van der Waals surface area (Å²) in [5.74, 6) is 0. The van der Waals surface area contributed by atoms with E-state index in [1.165, 1.54) is 5.56 Å². The minimum atomic E-state index is 0.237. The first-order valence-corrected chi connectivity index (χ1v) is 6.54. The van der Waals surface area contributed by atoms with Crippen LogP contribution in [-0.2, 0) is 0 Å². The van der Waals surface area contributed by atoms with E-state index < -0.39 is 0 Å². The minimum Gasteiger partial charge on any atom is -0.379 e. The fraction of sp³-hybridized carbons (Fsp3) is 0.133. The molecule has 2 aromatic carbocycles. The molecule has 2 rings (SSSR count). The molecule has 98 valence electrons. The van der Waals surface area contributed by atoms with Gasteiger partial charge in [-0.3, -0.25) is 0 Å². The van der Waals surface area contributed by atoms with E-state index in [4.69, 9.17) is 18.0 Å². The molecule has 0 aliphatic heterocycles. The number of anilines is 2. The molecule has 0 saturated heterocycles. The molecule has 0 radical (unpaired) electrons. The van der Waals surface area contributed by atoms with Crippen molar-refractivity contribution in [2.75, 3.05) is 10.6 Å². The molecule has 0 saturated carbocycles. The van der Waals surface area contributed by atoms with Crippen molar-refractivity contribution in [3.63, 3.8) is 0 Å². The highest BCUT2D eigenvalue weighted by atomic mass is 32.1. The Morgan fingerprint density at radius 1 is 1.00 bits per heavy atom. The SMILES string of the molecule is CC(Nc1ccccc1)c1ccc(NC(N)=S)cc1. The zero-order valence-electron chi connectivity index (χ0n) is 10.8. The molecule has 2 aromatic rings. The van der Waals surface area contributed by atoms with Crippen LogP contribution in [0, 0.1) is 0 Å². The molecule has 3 nitrogen and oxygen atoms in total. The van der Waals surface area contributed by atoms with E-state index in [9.17, 15) is 0 Å². The Morgan fingerprint density at radius 2 is 1.63 bits per heavy atom. The number of para-hydroxylation sites is 1. The molecule has 1 unspecified atom stereocenters. The molecule has 4 N–H and O–H groups in total. The summed E-state index contributed by atoms with van der Waals surface area (Å²) in [6.45, 7) is 2.13. The zero-order valence-corrected chi connectivity index (χ0v) is 11.6. The highest BCUT2D eigenvalue weighted by molar-refractivity contribution is 7.80. The molecule has 0 bridgehead atoms. The molecular weight excluding hydrogens is 254 g/mol. The van der Waals surface area contributed by atoms with Gasteiger partial charge in [0.2, 0.25) is 0 Å². The van der Waals surface area contributed by atoms with E-state index in [0.29, 0.717) is 0 Å². The Hall–Kier alpha value is -2.07. The number of hydrogen-bond acceptors (Lipinski definition) is 2. The second-order valence-corrected chi connectivity index (χ2v) is 4.78. The summed E-state index contributed by atoms with van der Waals surface area (Å²) in [5.41, 5.74) is 8.66. The molecule has 19 heavy (non-hydrogen) atoms. The average Bonchev–Trinajstić information content (AvgIpc) is 2.40. The summed E-state index contributed by atoms with van der Waals surface area (Å²) >= 11 is 4.80. The van der Waals surface area contributed by atoms with Gasteiger partial charge >= 0.3 is 0 Å². The minimum absolute atomic E-state index is 0.237. The lowest BCUT2D eigenvalue weighted by atomic mass is 10.1. The van der Waals surface area contributed by atoms with Gasteiger partial charge in [0.25, 0.3) is 0 Å². The van der Waals surface area contributed by atoms with Crippen molar-refractivity contribution in [3.8, 4) is 0 Å². The van der Waals surface area contributed by atoms with E-state index in [1.807, 2.05) is 30.3 Å². The Bertz CT molecular complexity index is 537. The highest BCUT2D eigenvalue weighted by Gasteiger charge is 2.05. The second kappa shape index (κ2) is 6.20. The van der Waals surface area contributed by atoms with Gasteiger partial charge in [-0.05, 0) is 49.0 Å². The standard InChI is InChI=1S/C15H17N3S/c1-11(17-13-5-3-2-4-6-13)12-7-9-14(10-8-12)18-15(16)19/h2-11,17H,1H3,(H3,16,18,19). The number of rotatable bonds is 4. The predicted octanol–water partition coefficient (Wildman–Crippen LogP) is 3.52. The van der Waals surface area contributed by atoms with Crippen LogP contribution in [-0.4, -0.2) is 5.11 Å². The molecule has 0 heterocycles. The first-order valence-electron chi connectivity index (χ1n) is 6.13. The van der Waals surface area contributed by atoms with Crippen LogP contribution in [0.25, 0.3) is 0 Å². The predicted molar refractivity (Wildman–Crippen MR) is 85.3 cm³/mol. The molecular formula is C15H17N3S. The Morgan fingerprint density at radius 3 is 2.21 bits per heavy atom. The summed E-state index contributed by atoms with van der Waals surface area (Å²) in [6.07, 6.45) is 0. The summed E-state index contributed by atoms with van der Waals surface area (Å²) in [7, 11) is 0. The van der Waals surface area contributed by atoms with Crippen molar-refractivity contribution in [2.24, 2.45) is 5.73 Å². The van der Waals surface area contributed by atoms with Crippen LogP contribution in [0.5, 0.6) is 0 Å². The van der Waals surface area contributed by atoms with Gasteiger partial charge in [0.05, 0.1) is 0 Å². The summed E-state index contributed by atoms with van der Waals surface area (Å²) < 4.78 is 0. The number of benzene rings is 2. The van der Waals surface area contributed by atoms with Crippen LogP contribution < -0.4 is 16.4 Å². The van der Waals surface area contributed by atoms with Crippen molar-refractivity contribution >= 4 is 28.7 Å². The maximum atomic E-state index is 5.43. The van der Waals surface area contributed by atoms with Crippen molar-refractivity contribution < 1.29 is 0 Å². The Labute approximate surface area is 118 Å². The largest absolute Gasteiger partial charge is 0.379 e. The molecule has 0 fully saturated rings. The van der Waals surface area contributed by atoms with Gasteiger partial charge in [0.15, 0.2) is 5.11 Å². The Kier molecular flexibility index (Phi) is 4.36. The molecule has 0 spiro atoms. The lowest BCUT2D eigenvalue weighted by molar-refractivity contribution is 0.885. The Balaban J connectivity index is 2.03. The van der Waals surface area contributed by atoms with Gasteiger partial charge in [0.1, 0.15) is 0 Å². The third kappa shape index (κ3) is 3.96. The van der Waals surface area contributed by atoms with Crippen LogP contribution >= 0.6 is 12.2 Å². The van der Waals surface area contributed by atoms with Gasteiger partial charge < -0.3 is 16.4 Å². The van der Waals surface area contributed by atoms with Crippen LogP contribution in [0.4, 0.5) is 11.4 Å². The topological polar surface area (TPSA) is 50.1 Å². The van der Waals surface area contributed by atoms with Crippen molar-refractivity contribution in [2.45, 2.75) is 13.0 Å². The molecule has 1 atom stereocenters. The van der Waals surface area contributed by atoms with E-state index in [-0.39, 0.29) is 11.2 Å². The summed E-state index contributed by atoms with van der Waals surface area (Å²) in [4.78, 5) is 0. The maximum absolute atomic E-state index is 5.43. The number of hydrogen-bond donors (Lipinski definition) is 3. The normalized spacial score (nSPS) is 11.6. The smallest absolute Gasteiger partial charge is 0.168 e. The van der Waals surface area contributed by atoms with Gasteiger partial charge in [-0.15, -0.1) is 0 Å². The lowest BCUT2D eigenvalue weighted by Crippen LogP contribution is -2.18. The number of nitrogens with two attached hydrogens (primary N) is 1. The highest BCUT2D eigenvalue weighted by Crippen LogP contribution is 2.20. The molecule has 0 aliphatic rings. The summed E-state index contributed by atoms with van der Waals surface area (Å²) in [6, 6.07) is 18.4. The van der Waals surface area contributed by atoms with E-state index in [1.54, 1.807) is 0 Å². The first kappa shape index (κ1) is 13.4. The second-order valence-electron chi connectivity index (χ2n) is 4.34. The van der Waals surface area contributed by atoms with Crippen LogP contribution in [0.3, 0.4) is 0 Å². The maximum Gasteiger partial charge on any atom is 0.168 e. The van der Waals surface area contributed by atoms with Gasteiger partial charge in [-0.2, -0.15) is 0 Å². The van der Waals surface area contributed by atoms with Gasteiger partial charge in [-0.25, -0.2) is 0 Å². The van der Waals surface area contributed by atoms with Gasteiger partial charge in [-0.1, -0.05) is 30.3 Å². The van der Waals surface area contributed by atoms with E-state index >= 15 is 0 Å². The fourth-order valence-corrected chi connectivity index (χ4v) is 1.98. The fourth-order valence-electron chi connectivity index (χ4n) is 1.87. The van der Waals surface area contributed by atoms with Crippen molar-refractivity contribution in [3.05, 3.63) is 60.2 Å². The molecule has 0 aliphatic carbocycles. The van der Waals surface area contributed by atoms with Crippen LogP contribution in [0.15, 0.2) is 54.6 Å². The van der Waals surface area contributed by atoms with E-state index in [2.05, 4.69) is 41.8 Å². The lowest BCUT2D eigenvalue weighted by Gasteiger charge is -2.16. The van der Waals surface area contributed by atoms with Crippen LogP contribution in [0.2, 0.25) is 0 Å². The quantitative estimate of drug-likeness (QED) is 0.745. The van der Waals surface area contributed by atoms with Crippen molar-refractivity contribution in [1.29, 1.82) is 0 Å². The van der Waals surface area contributed by atoms with E-state index in [0.717, 1.165) is 11.4 Å². The van der Waals surface area contributed by atoms with Crippen molar-refractivity contribution in [1.82, 2.24) is 0 Å². The molecule has 0 amide bonds. The first-order chi connectivity index (χ1) is 9.15. The average molecular weight is 271 g/mol. The van der Waals surface area contributed by atoms with Crippen LogP contribution in [0.1, 0.15) is 18.5 Å². The number of nitrogens with one attached hydrogen (secondary N) is 2. The zero-order chi connectivity index (χ0) is 13.7. The van der Waals surface area contributed by atoms with Gasteiger partial charge in [0, 0.05) is 17.4 Å². The third-order valence-corrected chi connectivity index (χ3v) is 2.94. The molecule has 0 aromatic heterocycles. The molecule has 4 heteroatoms.